The van der Waals surface area contributed by atoms with E-state index >= 15 is 0 Å². The fourth-order valence-corrected chi connectivity index (χ4v) is 3.46. The van der Waals surface area contributed by atoms with Gasteiger partial charge < -0.3 is 5.73 Å². The van der Waals surface area contributed by atoms with Crippen LogP contribution in [0.5, 0.6) is 0 Å². The molecule has 0 saturated heterocycles. The molecule has 1 nitrogen and oxygen atoms in total. The molecule has 0 aromatic carbocycles. The van der Waals surface area contributed by atoms with E-state index in [1.54, 1.807) is 11.3 Å². The molecular formula is C11H16ClNS. The Morgan fingerprint density at radius 3 is 2.64 bits per heavy atom. The number of rotatable bonds is 2. The maximum absolute atomic E-state index is 6.37. The van der Waals surface area contributed by atoms with E-state index in [9.17, 15) is 0 Å². The van der Waals surface area contributed by atoms with Crippen LogP contribution in [-0.2, 0) is 6.42 Å². The van der Waals surface area contributed by atoms with E-state index in [0.717, 1.165) is 24.3 Å². The topological polar surface area (TPSA) is 26.0 Å². The Kier molecular flexibility index (Phi) is 3.15. The highest BCUT2D eigenvalue weighted by Gasteiger charge is 2.28. The average molecular weight is 230 g/mol. The summed E-state index contributed by atoms with van der Waals surface area (Å²) in [6.45, 7) is 0. The quantitative estimate of drug-likeness (QED) is 0.824. The molecule has 0 spiro atoms. The van der Waals surface area contributed by atoms with Crippen LogP contribution in [0.3, 0.4) is 0 Å². The molecule has 1 heterocycles. The first-order valence-electron chi connectivity index (χ1n) is 5.20. The monoisotopic (exact) mass is 229 g/mol. The lowest BCUT2D eigenvalue weighted by molar-refractivity contribution is 0.296. The molecule has 0 unspecified atom stereocenters. The molecule has 0 atom stereocenters. The molecule has 1 aliphatic rings. The van der Waals surface area contributed by atoms with Gasteiger partial charge in [-0.25, -0.2) is 0 Å². The first-order chi connectivity index (χ1) is 6.70. The molecule has 1 aliphatic carbocycles. The second-order valence-corrected chi connectivity index (χ2v) is 5.70. The van der Waals surface area contributed by atoms with Crippen molar-refractivity contribution in [2.75, 3.05) is 0 Å². The largest absolute Gasteiger partial charge is 0.325 e. The van der Waals surface area contributed by atoms with Crippen molar-refractivity contribution in [3.05, 3.63) is 21.3 Å². The van der Waals surface area contributed by atoms with Crippen LogP contribution in [0.2, 0.25) is 5.02 Å². The van der Waals surface area contributed by atoms with Crippen molar-refractivity contribution < 1.29 is 0 Å². The van der Waals surface area contributed by atoms with Gasteiger partial charge >= 0.3 is 0 Å². The van der Waals surface area contributed by atoms with Crippen LogP contribution in [0.4, 0.5) is 0 Å². The summed E-state index contributed by atoms with van der Waals surface area (Å²) in [5.41, 5.74) is 6.39. The Morgan fingerprint density at radius 2 is 2.07 bits per heavy atom. The average Bonchev–Trinajstić information content (AvgIpc) is 2.52. The van der Waals surface area contributed by atoms with Crippen molar-refractivity contribution in [2.24, 2.45) is 5.73 Å². The molecule has 2 rings (SSSR count). The molecule has 0 amide bonds. The summed E-state index contributed by atoms with van der Waals surface area (Å²) in [6, 6.07) is 1.97. The van der Waals surface area contributed by atoms with Crippen molar-refractivity contribution in [3.63, 3.8) is 0 Å². The Bertz CT molecular complexity index is 302. The van der Waals surface area contributed by atoms with E-state index in [1.807, 2.05) is 11.4 Å². The molecule has 1 aromatic rings. The minimum atomic E-state index is 0.0206. The third kappa shape index (κ3) is 2.30. The van der Waals surface area contributed by atoms with Crippen LogP contribution in [-0.4, -0.2) is 5.54 Å². The van der Waals surface area contributed by atoms with Crippen LogP contribution < -0.4 is 5.73 Å². The van der Waals surface area contributed by atoms with Crippen LogP contribution >= 0.6 is 22.9 Å². The SMILES string of the molecule is NC1(Cc2sccc2Cl)CCCCC1. The Morgan fingerprint density at radius 1 is 1.36 bits per heavy atom. The Hall–Kier alpha value is -0.0500. The van der Waals surface area contributed by atoms with Crippen LogP contribution in [0.15, 0.2) is 11.4 Å². The van der Waals surface area contributed by atoms with Crippen molar-refractivity contribution in [1.29, 1.82) is 0 Å². The van der Waals surface area contributed by atoms with Crippen molar-refractivity contribution >= 4 is 22.9 Å². The number of halogens is 1. The lowest BCUT2D eigenvalue weighted by Crippen LogP contribution is -2.43. The van der Waals surface area contributed by atoms with Crippen LogP contribution in [0, 0.1) is 0 Å². The number of hydrogen-bond acceptors (Lipinski definition) is 2. The van der Waals surface area contributed by atoms with Gasteiger partial charge in [0, 0.05) is 16.8 Å². The van der Waals surface area contributed by atoms with Gasteiger partial charge in [-0.05, 0) is 24.3 Å². The van der Waals surface area contributed by atoms with Crippen LogP contribution in [0.1, 0.15) is 37.0 Å². The number of thiophene rings is 1. The number of hydrogen-bond donors (Lipinski definition) is 1. The van der Waals surface area contributed by atoms with Gasteiger partial charge in [-0.2, -0.15) is 0 Å². The van der Waals surface area contributed by atoms with Crippen molar-refractivity contribution in [2.45, 2.75) is 44.1 Å². The minimum Gasteiger partial charge on any atom is -0.325 e. The van der Waals surface area contributed by atoms with Gasteiger partial charge in [0.25, 0.3) is 0 Å². The normalized spacial score (nSPS) is 21.0. The van der Waals surface area contributed by atoms with E-state index in [0.29, 0.717) is 0 Å². The second kappa shape index (κ2) is 4.21. The summed E-state index contributed by atoms with van der Waals surface area (Å²) in [6.07, 6.45) is 7.17. The standard InChI is InChI=1S/C11H16ClNS/c12-9-4-7-14-10(9)8-11(13)5-2-1-3-6-11/h4,7H,1-3,5-6,8,13H2. The van der Waals surface area contributed by atoms with Gasteiger partial charge in [0.05, 0.1) is 5.02 Å². The second-order valence-electron chi connectivity index (χ2n) is 4.29. The Labute approximate surface area is 94.3 Å². The third-order valence-electron chi connectivity index (χ3n) is 3.05. The molecule has 1 aromatic heterocycles. The predicted octanol–water partition coefficient (Wildman–Crippen LogP) is 3.61. The molecule has 14 heavy (non-hydrogen) atoms. The fraction of sp³-hybridized carbons (Fsp3) is 0.636. The first-order valence-corrected chi connectivity index (χ1v) is 6.46. The van der Waals surface area contributed by atoms with Crippen LogP contribution in [0.25, 0.3) is 0 Å². The molecule has 3 heteroatoms. The minimum absolute atomic E-state index is 0.0206. The maximum Gasteiger partial charge on any atom is 0.0545 e. The van der Waals surface area contributed by atoms with Crippen molar-refractivity contribution in [1.82, 2.24) is 0 Å². The van der Waals surface area contributed by atoms with Gasteiger partial charge in [-0.3, -0.25) is 0 Å². The molecular weight excluding hydrogens is 214 g/mol. The Balaban J connectivity index is 2.05. The molecule has 0 aliphatic heterocycles. The third-order valence-corrected chi connectivity index (χ3v) is 4.44. The van der Waals surface area contributed by atoms with E-state index in [1.165, 1.54) is 24.1 Å². The molecule has 0 radical (unpaired) electrons. The highest BCUT2D eigenvalue weighted by molar-refractivity contribution is 7.10. The highest BCUT2D eigenvalue weighted by atomic mass is 35.5. The summed E-state index contributed by atoms with van der Waals surface area (Å²) < 4.78 is 0. The van der Waals surface area contributed by atoms with E-state index in [-0.39, 0.29) is 5.54 Å². The van der Waals surface area contributed by atoms with Gasteiger partial charge in [0.2, 0.25) is 0 Å². The maximum atomic E-state index is 6.37. The summed E-state index contributed by atoms with van der Waals surface area (Å²) in [5, 5.41) is 2.94. The predicted molar refractivity (Wildman–Crippen MR) is 63.0 cm³/mol. The zero-order chi connectivity index (χ0) is 10.0. The van der Waals surface area contributed by atoms with Gasteiger partial charge in [-0.1, -0.05) is 30.9 Å². The fourth-order valence-electron chi connectivity index (χ4n) is 2.20. The molecule has 78 valence electrons. The molecule has 1 fully saturated rings. The molecule has 1 saturated carbocycles. The zero-order valence-corrected chi connectivity index (χ0v) is 9.83. The lowest BCUT2D eigenvalue weighted by Gasteiger charge is -2.33. The van der Waals surface area contributed by atoms with E-state index < -0.39 is 0 Å². The van der Waals surface area contributed by atoms with E-state index in [2.05, 4.69) is 0 Å². The summed E-state index contributed by atoms with van der Waals surface area (Å²) in [5.74, 6) is 0. The van der Waals surface area contributed by atoms with Gasteiger partial charge in [-0.15, -0.1) is 11.3 Å². The molecule has 0 bridgehead atoms. The molecule has 2 N–H and O–H groups in total. The lowest BCUT2D eigenvalue weighted by atomic mass is 9.80. The van der Waals surface area contributed by atoms with Gasteiger partial charge in [0.1, 0.15) is 0 Å². The first kappa shape index (κ1) is 10.5. The van der Waals surface area contributed by atoms with E-state index in [4.69, 9.17) is 17.3 Å². The smallest absolute Gasteiger partial charge is 0.0545 e. The highest BCUT2D eigenvalue weighted by Crippen LogP contribution is 2.33. The summed E-state index contributed by atoms with van der Waals surface area (Å²) >= 11 is 7.81. The summed E-state index contributed by atoms with van der Waals surface area (Å²) in [7, 11) is 0. The number of nitrogens with two attached hydrogens (primary N) is 1. The van der Waals surface area contributed by atoms with Gasteiger partial charge in [0.15, 0.2) is 0 Å². The summed E-state index contributed by atoms with van der Waals surface area (Å²) in [4.78, 5) is 1.26. The zero-order valence-electron chi connectivity index (χ0n) is 8.26. The van der Waals surface area contributed by atoms with Crippen molar-refractivity contribution in [3.8, 4) is 0 Å².